The third-order valence-electron chi connectivity index (χ3n) is 3.42. The van der Waals surface area contributed by atoms with Gasteiger partial charge in [0.1, 0.15) is 11.6 Å². The third-order valence-corrected chi connectivity index (χ3v) is 3.67. The van der Waals surface area contributed by atoms with Crippen molar-refractivity contribution in [3.05, 3.63) is 70.2 Å². The zero-order valence-corrected chi connectivity index (χ0v) is 12.8. The molecule has 1 atom stereocenters. The molecule has 2 aromatic carbocycles. The second-order valence-corrected chi connectivity index (χ2v) is 5.83. The van der Waals surface area contributed by atoms with Crippen LogP contribution in [0, 0.1) is 17.6 Å². The van der Waals surface area contributed by atoms with Gasteiger partial charge in [0.15, 0.2) is 0 Å². The van der Waals surface area contributed by atoms with Gasteiger partial charge in [-0.25, -0.2) is 8.78 Å². The standard InChI is InChI=1S/C17H18ClF2N/c1-11(2)17(12-3-5-14(18)6-4-12)21-10-13-9-15(19)7-8-16(13)20/h3-9,11,17,21H,10H2,1-2H3. The van der Waals surface area contributed by atoms with Gasteiger partial charge in [0.25, 0.3) is 0 Å². The van der Waals surface area contributed by atoms with E-state index in [0.717, 1.165) is 17.7 Å². The minimum atomic E-state index is -0.430. The predicted octanol–water partition coefficient (Wildman–Crippen LogP) is 5.11. The second kappa shape index (κ2) is 7.01. The van der Waals surface area contributed by atoms with Crippen molar-refractivity contribution < 1.29 is 8.78 Å². The Morgan fingerprint density at radius 2 is 1.71 bits per heavy atom. The first kappa shape index (κ1) is 15.9. The van der Waals surface area contributed by atoms with E-state index in [1.54, 1.807) is 0 Å². The summed E-state index contributed by atoms with van der Waals surface area (Å²) in [6.45, 7) is 4.43. The van der Waals surface area contributed by atoms with Crippen LogP contribution < -0.4 is 5.32 Å². The molecule has 0 amide bonds. The minimum absolute atomic E-state index is 0.0462. The zero-order chi connectivity index (χ0) is 15.4. The van der Waals surface area contributed by atoms with Gasteiger partial charge in [-0.3, -0.25) is 0 Å². The third kappa shape index (κ3) is 4.26. The summed E-state index contributed by atoms with van der Waals surface area (Å²) in [4.78, 5) is 0. The van der Waals surface area contributed by atoms with Crippen molar-refractivity contribution in [3.63, 3.8) is 0 Å². The maximum Gasteiger partial charge on any atom is 0.127 e. The maximum atomic E-state index is 13.7. The molecule has 1 unspecified atom stereocenters. The maximum absolute atomic E-state index is 13.7. The minimum Gasteiger partial charge on any atom is -0.306 e. The van der Waals surface area contributed by atoms with Crippen LogP contribution in [0.3, 0.4) is 0 Å². The average molecular weight is 310 g/mol. The molecule has 1 N–H and O–H groups in total. The van der Waals surface area contributed by atoms with E-state index >= 15 is 0 Å². The largest absolute Gasteiger partial charge is 0.306 e. The normalized spacial score (nSPS) is 12.7. The molecule has 0 aliphatic rings. The lowest BCUT2D eigenvalue weighted by Crippen LogP contribution is -2.25. The lowest BCUT2D eigenvalue weighted by molar-refractivity contribution is 0.406. The molecule has 0 spiro atoms. The Balaban J connectivity index is 2.13. The molecule has 4 heteroatoms. The molecule has 0 fully saturated rings. The highest BCUT2D eigenvalue weighted by atomic mass is 35.5. The summed E-state index contributed by atoms with van der Waals surface area (Å²) in [5.74, 6) is -0.522. The van der Waals surface area contributed by atoms with E-state index in [4.69, 9.17) is 11.6 Å². The molecule has 0 radical (unpaired) electrons. The lowest BCUT2D eigenvalue weighted by atomic mass is 9.96. The summed E-state index contributed by atoms with van der Waals surface area (Å²) in [6.07, 6.45) is 0. The van der Waals surface area contributed by atoms with Gasteiger partial charge in [0.05, 0.1) is 0 Å². The van der Waals surface area contributed by atoms with Crippen LogP contribution in [-0.4, -0.2) is 0 Å². The summed E-state index contributed by atoms with van der Waals surface area (Å²) >= 11 is 5.90. The molecule has 0 aliphatic carbocycles. The van der Waals surface area contributed by atoms with E-state index in [0.29, 0.717) is 16.5 Å². The average Bonchev–Trinajstić information content (AvgIpc) is 2.44. The van der Waals surface area contributed by atoms with Gasteiger partial charge in [-0.15, -0.1) is 0 Å². The first-order chi connectivity index (χ1) is 9.97. The SMILES string of the molecule is CC(C)C(NCc1cc(F)ccc1F)c1ccc(Cl)cc1. The Morgan fingerprint density at radius 3 is 2.33 bits per heavy atom. The van der Waals surface area contributed by atoms with Gasteiger partial charge in [-0.1, -0.05) is 37.6 Å². The quantitative estimate of drug-likeness (QED) is 0.809. The van der Waals surface area contributed by atoms with E-state index < -0.39 is 11.6 Å². The summed E-state index contributed by atoms with van der Waals surface area (Å²) in [7, 11) is 0. The number of halogens is 3. The number of rotatable bonds is 5. The second-order valence-electron chi connectivity index (χ2n) is 5.39. The van der Waals surface area contributed by atoms with Crippen LogP contribution in [0.5, 0.6) is 0 Å². The fourth-order valence-electron chi connectivity index (χ4n) is 2.31. The van der Waals surface area contributed by atoms with E-state index in [9.17, 15) is 8.78 Å². The van der Waals surface area contributed by atoms with Gasteiger partial charge >= 0.3 is 0 Å². The molecule has 0 aliphatic heterocycles. The smallest absolute Gasteiger partial charge is 0.127 e. The Labute approximate surface area is 128 Å². The van der Waals surface area contributed by atoms with Crippen molar-refractivity contribution in [2.45, 2.75) is 26.4 Å². The molecule has 21 heavy (non-hydrogen) atoms. The number of nitrogens with one attached hydrogen (secondary N) is 1. The topological polar surface area (TPSA) is 12.0 Å². The Hall–Kier alpha value is -1.45. The van der Waals surface area contributed by atoms with Crippen molar-refractivity contribution in [1.29, 1.82) is 0 Å². The van der Waals surface area contributed by atoms with Gasteiger partial charge in [-0.05, 0) is 41.8 Å². The first-order valence-electron chi connectivity index (χ1n) is 6.90. The number of hydrogen-bond donors (Lipinski definition) is 1. The zero-order valence-electron chi connectivity index (χ0n) is 12.0. The van der Waals surface area contributed by atoms with E-state index in [1.807, 2.05) is 24.3 Å². The van der Waals surface area contributed by atoms with Crippen LogP contribution in [0.2, 0.25) is 5.02 Å². The Morgan fingerprint density at radius 1 is 1.05 bits per heavy atom. The van der Waals surface area contributed by atoms with Crippen LogP contribution >= 0.6 is 11.6 Å². The molecule has 0 saturated carbocycles. The summed E-state index contributed by atoms with van der Waals surface area (Å²) in [5, 5.41) is 3.97. The molecular formula is C17H18ClF2N. The molecular weight excluding hydrogens is 292 g/mol. The molecule has 0 heterocycles. The molecule has 1 nitrogen and oxygen atoms in total. The summed E-state index contributed by atoms with van der Waals surface area (Å²) in [6, 6.07) is 11.1. The van der Waals surface area contributed by atoms with Crippen molar-refractivity contribution in [3.8, 4) is 0 Å². The highest BCUT2D eigenvalue weighted by molar-refractivity contribution is 6.30. The fraction of sp³-hybridized carbons (Fsp3) is 0.294. The van der Waals surface area contributed by atoms with Crippen molar-refractivity contribution >= 4 is 11.6 Å². The summed E-state index contributed by atoms with van der Waals surface area (Å²) in [5.41, 5.74) is 1.40. The van der Waals surface area contributed by atoms with Gasteiger partial charge in [0.2, 0.25) is 0 Å². The highest BCUT2D eigenvalue weighted by Crippen LogP contribution is 2.24. The fourth-order valence-corrected chi connectivity index (χ4v) is 2.43. The summed E-state index contributed by atoms with van der Waals surface area (Å²) < 4.78 is 26.8. The van der Waals surface area contributed by atoms with Crippen LogP contribution in [0.4, 0.5) is 8.78 Å². The Kier molecular flexibility index (Phi) is 5.32. The monoisotopic (exact) mass is 309 g/mol. The molecule has 0 bridgehead atoms. The van der Waals surface area contributed by atoms with E-state index in [1.165, 1.54) is 6.07 Å². The lowest BCUT2D eigenvalue weighted by Gasteiger charge is -2.23. The van der Waals surface area contributed by atoms with Crippen LogP contribution in [-0.2, 0) is 6.54 Å². The molecule has 0 aromatic heterocycles. The van der Waals surface area contributed by atoms with E-state index in [-0.39, 0.29) is 12.6 Å². The highest BCUT2D eigenvalue weighted by Gasteiger charge is 2.16. The van der Waals surface area contributed by atoms with Gasteiger partial charge in [0, 0.05) is 23.2 Å². The first-order valence-corrected chi connectivity index (χ1v) is 7.28. The Bertz CT molecular complexity index is 596. The van der Waals surface area contributed by atoms with Crippen molar-refractivity contribution in [1.82, 2.24) is 5.32 Å². The molecule has 2 rings (SSSR count). The van der Waals surface area contributed by atoms with Crippen molar-refractivity contribution in [2.75, 3.05) is 0 Å². The van der Waals surface area contributed by atoms with Gasteiger partial charge < -0.3 is 5.32 Å². The number of benzene rings is 2. The van der Waals surface area contributed by atoms with E-state index in [2.05, 4.69) is 19.2 Å². The van der Waals surface area contributed by atoms with Crippen LogP contribution in [0.15, 0.2) is 42.5 Å². The molecule has 2 aromatic rings. The number of hydrogen-bond acceptors (Lipinski definition) is 1. The van der Waals surface area contributed by atoms with Gasteiger partial charge in [-0.2, -0.15) is 0 Å². The van der Waals surface area contributed by atoms with Crippen molar-refractivity contribution in [2.24, 2.45) is 5.92 Å². The predicted molar refractivity (Wildman–Crippen MR) is 82.2 cm³/mol. The molecule has 0 saturated heterocycles. The van der Waals surface area contributed by atoms with Crippen LogP contribution in [0.1, 0.15) is 31.0 Å². The molecule has 112 valence electrons. The van der Waals surface area contributed by atoms with Crippen LogP contribution in [0.25, 0.3) is 0 Å².